The molecule has 2 rings (SSSR count). The minimum atomic E-state index is -0.449. The van der Waals surface area contributed by atoms with Crippen LogP contribution in [-0.4, -0.2) is 31.4 Å². The molecule has 0 fully saturated rings. The van der Waals surface area contributed by atoms with Crippen molar-refractivity contribution in [3.8, 4) is 5.75 Å². The number of ether oxygens (including phenoxy) is 1. The molecule has 2 atom stereocenters. The van der Waals surface area contributed by atoms with Crippen molar-refractivity contribution in [3.63, 3.8) is 0 Å². The lowest BCUT2D eigenvalue weighted by atomic mass is 10.2. The van der Waals surface area contributed by atoms with E-state index < -0.39 is 6.10 Å². The Morgan fingerprint density at radius 1 is 1.30 bits per heavy atom. The summed E-state index contributed by atoms with van der Waals surface area (Å²) >= 11 is 1.76. The van der Waals surface area contributed by atoms with E-state index in [4.69, 9.17) is 4.74 Å². The molecule has 0 spiro atoms. The van der Waals surface area contributed by atoms with Gasteiger partial charge >= 0.3 is 0 Å². The van der Waals surface area contributed by atoms with E-state index in [-0.39, 0.29) is 0 Å². The van der Waals surface area contributed by atoms with Crippen molar-refractivity contribution in [3.05, 3.63) is 52.2 Å². The number of rotatable bonds is 7. The summed E-state index contributed by atoms with van der Waals surface area (Å²) < 4.78 is 5.62. The monoisotopic (exact) mass is 292 g/mol. The number of aliphatic hydroxyl groups excluding tert-OH is 1. The largest absolute Gasteiger partial charge is 0.491 e. The van der Waals surface area contributed by atoms with Crippen molar-refractivity contribution in [2.75, 3.05) is 20.2 Å². The first-order chi connectivity index (χ1) is 9.63. The van der Waals surface area contributed by atoms with Gasteiger partial charge < -0.3 is 14.7 Å². The number of hydrogen-bond acceptors (Lipinski definition) is 3. The molecule has 0 saturated heterocycles. The second-order valence-corrected chi connectivity index (χ2v) is 6.23. The highest BCUT2D eigenvalue weighted by molar-refractivity contribution is 7.09. The molecule has 2 aromatic rings. The van der Waals surface area contributed by atoms with E-state index in [9.17, 15) is 5.11 Å². The van der Waals surface area contributed by atoms with Gasteiger partial charge in [-0.25, -0.2) is 0 Å². The fourth-order valence-electron chi connectivity index (χ4n) is 2.14. The molecule has 0 amide bonds. The van der Waals surface area contributed by atoms with Crippen LogP contribution >= 0.6 is 11.3 Å². The Morgan fingerprint density at radius 2 is 2.15 bits per heavy atom. The van der Waals surface area contributed by atoms with Crippen LogP contribution in [0.4, 0.5) is 0 Å². The molecule has 1 heterocycles. The molecule has 0 bridgehead atoms. The predicted molar refractivity (Wildman–Crippen MR) is 82.5 cm³/mol. The standard InChI is InChI=1S/C16H21NO2S/c1-13-5-3-6-15(9-13)19-12-14(18)10-17(2)11-16-7-4-8-20-16/h3-9,14,18H,10-12H2,1-2H3/p+1/t14-/m0/s1. The fraction of sp³-hybridized carbons (Fsp3) is 0.375. The predicted octanol–water partition coefficient (Wildman–Crippen LogP) is 1.51. The van der Waals surface area contributed by atoms with Crippen LogP contribution in [0.5, 0.6) is 5.75 Å². The SMILES string of the molecule is Cc1cccc(OC[C@@H](O)C[NH+](C)Cc2cccs2)c1. The van der Waals surface area contributed by atoms with Crippen LogP contribution in [0.3, 0.4) is 0 Å². The first-order valence-electron chi connectivity index (χ1n) is 6.84. The van der Waals surface area contributed by atoms with Gasteiger partial charge in [-0.05, 0) is 36.1 Å². The number of benzene rings is 1. The van der Waals surface area contributed by atoms with Crippen LogP contribution in [0.2, 0.25) is 0 Å². The quantitative estimate of drug-likeness (QED) is 0.811. The Balaban J connectivity index is 1.73. The van der Waals surface area contributed by atoms with Crippen molar-refractivity contribution in [1.82, 2.24) is 0 Å². The highest BCUT2D eigenvalue weighted by Crippen LogP contribution is 2.12. The maximum absolute atomic E-state index is 10.0. The molecule has 1 aromatic carbocycles. The molecule has 1 aromatic heterocycles. The Kier molecular flexibility index (Phi) is 5.59. The lowest BCUT2D eigenvalue weighted by Gasteiger charge is -2.18. The van der Waals surface area contributed by atoms with E-state index in [1.54, 1.807) is 11.3 Å². The van der Waals surface area contributed by atoms with Crippen LogP contribution in [-0.2, 0) is 6.54 Å². The fourth-order valence-corrected chi connectivity index (χ4v) is 2.96. The summed E-state index contributed by atoms with van der Waals surface area (Å²) in [5.41, 5.74) is 1.16. The van der Waals surface area contributed by atoms with Gasteiger partial charge in [0.15, 0.2) is 0 Å². The van der Waals surface area contributed by atoms with E-state index in [0.29, 0.717) is 13.2 Å². The highest BCUT2D eigenvalue weighted by Gasteiger charge is 2.13. The van der Waals surface area contributed by atoms with Gasteiger partial charge in [0.05, 0.1) is 11.9 Å². The summed E-state index contributed by atoms with van der Waals surface area (Å²) in [6.45, 7) is 4.00. The van der Waals surface area contributed by atoms with E-state index in [0.717, 1.165) is 17.9 Å². The maximum atomic E-state index is 10.0. The minimum absolute atomic E-state index is 0.339. The van der Waals surface area contributed by atoms with Gasteiger partial charge in [-0.15, -0.1) is 11.3 Å². The second kappa shape index (κ2) is 7.43. The van der Waals surface area contributed by atoms with Crippen LogP contribution in [0.1, 0.15) is 10.4 Å². The van der Waals surface area contributed by atoms with Crippen LogP contribution in [0.25, 0.3) is 0 Å². The molecule has 2 N–H and O–H groups in total. The first-order valence-corrected chi connectivity index (χ1v) is 7.72. The molecule has 108 valence electrons. The molecule has 0 aliphatic rings. The Hall–Kier alpha value is -1.36. The van der Waals surface area contributed by atoms with Crippen LogP contribution in [0, 0.1) is 6.92 Å². The van der Waals surface area contributed by atoms with Crippen molar-refractivity contribution in [2.45, 2.75) is 19.6 Å². The number of quaternary nitrogens is 1. The van der Waals surface area contributed by atoms with Gasteiger partial charge in [0, 0.05) is 0 Å². The molecule has 0 saturated carbocycles. The average Bonchev–Trinajstić information content (AvgIpc) is 2.89. The maximum Gasteiger partial charge on any atom is 0.137 e. The second-order valence-electron chi connectivity index (χ2n) is 5.20. The Bertz CT molecular complexity index is 513. The molecule has 0 radical (unpaired) electrons. The number of nitrogens with one attached hydrogen (secondary N) is 1. The summed E-state index contributed by atoms with van der Waals surface area (Å²) in [6, 6.07) is 12.1. The number of thiophene rings is 1. The molecule has 4 heteroatoms. The van der Waals surface area contributed by atoms with E-state index in [1.807, 2.05) is 31.2 Å². The Morgan fingerprint density at radius 3 is 2.85 bits per heavy atom. The molecular weight excluding hydrogens is 270 g/mol. The summed E-state index contributed by atoms with van der Waals surface area (Å²) in [6.07, 6.45) is -0.449. The topological polar surface area (TPSA) is 33.9 Å². The van der Waals surface area contributed by atoms with Crippen LogP contribution < -0.4 is 9.64 Å². The van der Waals surface area contributed by atoms with Crippen LogP contribution in [0.15, 0.2) is 41.8 Å². The van der Waals surface area contributed by atoms with Crippen molar-refractivity contribution >= 4 is 11.3 Å². The summed E-state index contributed by atoms with van der Waals surface area (Å²) in [5.74, 6) is 0.819. The van der Waals surface area contributed by atoms with Gasteiger partial charge in [0.2, 0.25) is 0 Å². The van der Waals surface area contributed by atoms with E-state index >= 15 is 0 Å². The molecule has 1 unspecified atom stereocenters. The minimum Gasteiger partial charge on any atom is -0.491 e. The third-order valence-electron chi connectivity index (χ3n) is 3.07. The zero-order valence-electron chi connectivity index (χ0n) is 12.0. The molecule has 3 nitrogen and oxygen atoms in total. The van der Waals surface area contributed by atoms with Gasteiger partial charge in [-0.3, -0.25) is 0 Å². The zero-order valence-corrected chi connectivity index (χ0v) is 12.8. The van der Waals surface area contributed by atoms with Crippen molar-refractivity contribution < 1.29 is 14.7 Å². The molecule has 0 aliphatic heterocycles. The van der Waals surface area contributed by atoms with Crippen molar-refractivity contribution in [2.24, 2.45) is 0 Å². The molecule has 0 aliphatic carbocycles. The summed E-state index contributed by atoms with van der Waals surface area (Å²) in [7, 11) is 2.09. The highest BCUT2D eigenvalue weighted by atomic mass is 32.1. The lowest BCUT2D eigenvalue weighted by molar-refractivity contribution is -0.896. The first kappa shape index (κ1) is 15.0. The molecular formula is C16H22NO2S+. The molecule has 20 heavy (non-hydrogen) atoms. The Labute approximate surface area is 124 Å². The number of aryl methyl sites for hydroxylation is 1. The van der Waals surface area contributed by atoms with Gasteiger partial charge in [-0.2, -0.15) is 0 Å². The average molecular weight is 292 g/mol. The van der Waals surface area contributed by atoms with E-state index in [1.165, 1.54) is 9.78 Å². The number of hydrogen-bond donors (Lipinski definition) is 2. The number of likely N-dealkylation sites (N-methyl/N-ethyl adjacent to an activating group) is 1. The normalized spacial score (nSPS) is 13.9. The van der Waals surface area contributed by atoms with Gasteiger partial charge in [0.1, 0.15) is 31.5 Å². The van der Waals surface area contributed by atoms with Crippen molar-refractivity contribution in [1.29, 1.82) is 0 Å². The summed E-state index contributed by atoms with van der Waals surface area (Å²) in [4.78, 5) is 2.63. The third-order valence-corrected chi connectivity index (χ3v) is 3.95. The van der Waals surface area contributed by atoms with Gasteiger partial charge in [0.25, 0.3) is 0 Å². The number of aliphatic hydroxyl groups is 1. The van der Waals surface area contributed by atoms with Gasteiger partial charge in [-0.1, -0.05) is 18.2 Å². The third kappa shape index (κ3) is 4.96. The summed E-state index contributed by atoms with van der Waals surface area (Å²) in [5, 5.41) is 12.1. The van der Waals surface area contributed by atoms with E-state index in [2.05, 4.69) is 24.6 Å². The smallest absolute Gasteiger partial charge is 0.137 e. The zero-order chi connectivity index (χ0) is 14.4. The lowest BCUT2D eigenvalue weighted by Crippen LogP contribution is -3.08.